The molecule has 3 aliphatic rings. The Bertz CT molecular complexity index is 2140. The number of methoxy groups -OCH3 is 2. The highest BCUT2D eigenvalue weighted by molar-refractivity contribution is 7.98. The van der Waals surface area contributed by atoms with Gasteiger partial charge in [0, 0.05) is 30.9 Å². The molecule has 6 heterocycles. The number of carboxylic acid groups (broad SMARTS) is 1. The third kappa shape index (κ3) is 6.28. The highest BCUT2D eigenvalue weighted by Crippen LogP contribution is 2.46. The Morgan fingerprint density at radius 2 is 1.64 bits per heavy atom. The molecule has 1 N–H and O–H groups in total. The first-order chi connectivity index (χ1) is 25.6. The van der Waals surface area contributed by atoms with E-state index in [1.807, 2.05) is 80.8 Å². The van der Waals surface area contributed by atoms with Crippen LogP contribution in [0.15, 0.2) is 65.8 Å². The summed E-state index contributed by atoms with van der Waals surface area (Å²) in [4.78, 5) is 37.5. The van der Waals surface area contributed by atoms with Gasteiger partial charge in [-0.1, -0.05) is 36.0 Å². The molecule has 2 saturated heterocycles. The Balaban J connectivity index is 1.24. The Hall–Kier alpha value is -5.37. The number of aryl methyl sites for hydroxylation is 1. The molecule has 0 aliphatic carbocycles. The number of ether oxygens (including phenoxy) is 3. The van der Waals surface area contributed by atoms with Gasteiger partial charge in [0.15, 0.2) is 11.0 Å². The molecule has 2 fully saturated rings. The van der Waals surface area contributed by atoms with E-state index in [0.29, 0.717) is 59.5 Å². The van der Waals surface area contributed by atoms with Crippen molar-refractivity contribution in [3.63, 3.8) is 0 Å². The first-order valence-electron chi connectivity index (χ1n) is 17.5. The van der Waals surface area contributed by atoms with E-state index in [1.165, 1.54) is 11.8 Å². The smallest absolute Gasteiger partial charge is 0.407 e. The number of benzene rings is 2. The molecule has 5 aromatic rings. The number of aromatic nitrogens is 4. The number of rotatable bonds is 9. The van der Waals surface area contributed by atoms with Crippen LogP contribution in [0, 0.1) is 12.7 Å². The van der Waals surface area contributed by atoms with E-state index in [2.05, 4.69) is 14.8 Å². The van der Waals surface area contributed by atoms with Crippen LogP contribution in [0.1, 0.15) is 36.6 Å². The summed E-state index contributed by atoms with van der Waals surface area (Å²) >= 11 is 1.32. The van der Waals surface area contributed by atoms with Crippen molar-refractivity contribution in [2.45, 2.75) is 69.2 Å². The van der Waals surface area contributed by atoms with E-state index < -0.39 is 18.0 Å². The van der Waals surface area contributed by atoms with E-state index in [9.17, 15) is 9.90 Å². The van der Waals surface area contributed by atoms with Crippen LogP contribution in [0.25, 0.3) is 22.2 Å². The fourth-order valence-electron chi connectivity index (χ4n) is 8.07. The van der Waals surface area contributed by atoms with Crippen LogP contribution < -0.4 is 24.0 Å². The van der Waals surface area contributed by atoms with Crippen molar-refractivity contribution < 1.29 is 28.5 Å². The number of amides is 1. The lowest BCUT2D eigenvalue weighted by Gasteiger charge is -2.47. The van der Waals surface area contributed by atoms with Gasteiger partial charge in [-0.3, -0.25) is 4.90 Å². The van der Waals surface area contributed by atoms with Gasteiger partial charge in [0.25, 0.3) is 0 Å². The minimum Gasteiger partial charge on any atom is -0.497 e. The Kier molecular flexibility index (Phi) is 9.09. The van der Waals surface area contributed by atoms with Crippen molar-refractivity contribution in [2.24, 2.45) is 0 Å². The molecule has 0 spiro atoms. The number of pyridine rings is 2. The number of nitrogens with zero attached hydrogens (tertiary/aromatic N) is 7. The van der Waals surface area contributed by atoms with Crippen molar-refractivity contribution in [2.75, 3.05) is 36.8 Å². The summed E-state index contributed by atoms with van der Waals surface area (Å²) in [7, 11) is 3.28. The normalized spacial score (nSPS) is 20.1. The van der Waals surface area contributed by atoms with Gasteiger partial charge in [-0.2, -0.15) is 0 Å². The molecule has 14 heteroatoms. The van der Waals surface area contributed by atoms with Crippen molar-refractivity contribution in [3.8, 4) is 28.6 Å². The number of hydrogen-bond donors (Lipinski definition) is 1. The molecule has 0 radical (unpaired) electrons. The van der Waals surface area contributed by atoms with E-state index in [0.717, 1.165) is 29.0 Å². The maximum Gasteiger partial charge on any atom is 0.407 e. The topological polar surface area (TPSA) is 126 Å². The molecule has 53 heavy (non-hydrogen) atoms. The summed E-state index contributed by atoms with van der Waals surface area (Å²) in [5.74, 6) is 2.34. The monoisotopic (exact) mass is 737 g/mol. The van der Waals surface area contributed by atoms with Crippen LogP contribution in [-0.4, -0.2) is 87.3 Å². The number of piperazine rings is 1. The number of fused-ring (bicyclic) bond motifs is 5. The van der Waals surface area contributed by atoms with Gasteiger partial charge in [0.05, 0.1) is 32.3 Å². The van der Waals surface area contributed by atoms with E-state index in [4.69, 9.17) is 29.2 Å². The number of halogens is 1. The molecular weight excluding hydrogens is 698 g/mol. The second-order valence-corrected chi connectivity index (χ2v) is 14.5. The van der Waals surface area contributed by atoms with Crippen molar-refractivity contribution >= 4 is 40.4 Å². The number of thioether (sulfide) groups is 1. The van der Waals surface area contributed by atoms with E-state index >= 15 is 4.39 Å². The van der Waals surface area contributed by atoms with Gasteiger partial charge in [-0.25, -0.2) is 29.1 Å². The summed E-state index contributed by atoms with van der Waals surface area (Å²) in [5, 5.41) is 10.9. The minimum atomic E-state index is -0.938. The fourth-order valence-corrected chi connectivity index (χ4v) is 8.43. The number of anilines is 2. The third-order valence-corrected chi connectivity index (χ3v) is 11.0. The van der Waals surface area contributed by atoms with Gasteiger partial charge in [0.2, 0.25) is 5.88 Å². The van der Waals surface area contributed by atoms with Gasteiger partial charge in [-0.05, 0) is 80.5 Å². The lowest BCUT2D eigenvalue weighted by Crippen LogP contribution is -2.64. The van der Waals surface area contributed by atoms with Crippen LogP contribution in [0.2, 0.25) is 0 Å². The summed E-state index contributed by atoms with van der Waals surface area (Å²) in [6.45, 7) is 5.27. The van der Waals surface area contributed by atoms with Crippen molar-refractivity contribution in [1.82, 2.24) is 24.8 Å². The van der Waals surface area contributed by atoms with Crippen LogP contribution in [0.5, 0.6) is 17.4 Å². The summed E-state index contributed by atoms with van der Waals surface area (Å²) in [5.41, 5.74) is 3.50. The van der Waals surface area contributed by atoms with Gasteiger partial charge in [-0.15, -0.1) is 0 Å². The van der Waals surface area contributed by atoms with Crippen LogP contribution in [0.4, 0.5) is 20.8 Å². The van der Waals surface area contributed by atoms with Crippen LogP contribution in [0.3, 0.4) is 0 Å². The summed E-state index contributed by atoms with van der Waals surface area (Å²) in [6, 6.07) is 18.6. The minimum absolute atomic E-state index is 0.0885. The average Bonchev–Trinajstić information content (AvgIpc) is 3.42. The molecule has 3 aromatic heterocycles. The molecule has 4 atom stereocenters. The van der Waals surface area contributed by atoms with Gasteiger partial charge in [0.1, 0.15) is 45.8 Å². The third-order valence-electron chi connectivity index (χ3n) is 10.5. The lowest BCUT2D eigenvalue weighted by molar-refractivity contribution is 0.0707. The van der Waals surface area contributed by atoms with Gasteiger partial charge >= 0.3 is 6.09 Å². The molecule has 12 nitrogen and oxygen atoms in total. The van der Waals surface area contributed by atoms with Crippen LogP contribution >= 0.6 is 11.8 Å². The highest BCUT2D eigenvalue weighted by Gasteiger charge is 2.53. The SMILES string of the molecule is COc1ccc(CN(Cc2ccc(OC)cc2)c2cc(-c3nc4c5c(nc(SC)nc5c3F)N3CC5CCC(C3C(C)O4)N5C(=O)O)cc(C)n2)cc1. The summed E-state index contributed by atoms with van der Waals surface area (Å²) in [6.07, 6.45) is 1.90. The molecule has 3 aliphatic heterocycles. The average molecular weight is 738 g/mol. The lowest BCUT2D eigenvalue weighted by atomic mass is 9.98. The maximum atomic E-state index is 17.1. The zero-order chi connectivity index (χ0) is 37.0. The zero-order valence-corrected chi connectivity index (χ0v) is 30.9. The van der Waals surface area contributed by atoms with E-state index in [1.54, 1.807) is 19.1 Å². The molecule has 2 aromatic carbocycles. The van der Waals surface area contributed by atoms with Crippen molar-refractivity contribution in [3.05, 3.63) is 83.3 Å². The Morgan fingerprint density at radius 3 is 2.25 bits per heavy atom. The molecule has 8 rings (SSSR count). The highest BCUT2D eigenvalue weighted by atomic mass is 32.2. The fraction of sp³-hybridized carbons (Fsp3) is 0.359. The number of carbonyl (C=O) groups is 1. The second kappa shape index (κ2) is 13.9. The Labute approximate surface area is 310 Å². The Morgan fingerprint density at radius 1 is 0.981 bits per heavy atom. The molecule has 274 valence electrons. The quantitative estimate of drug-likeness (QED) is 0.124. The second-order valence-electron chi connectivity index (χ2n) is 13.7. The standard InChI is InChI=1S/C39H40FN7O5S/c1-21-16-25(17-30(41-21)45(18-23-6-11-27(50-3)12-7-23)19-24-8-13-28(51-4)14-9-24)33-32(40)34-31-36(44-38(43-34)53-5)46-20-26-10-15-29(47(26)39(48)49)35(46)22(2)52-37(31)42-33/h6-9,11-14,16-17,22,26,29,35H,10,15,18-20H2,1-5H3,(H,48,49). The molecule has 2 bridgehead atoms. The van der Waals surface area contributed by atoms with E-state index in [-0.39, 0.29) is 35.2 Å². The van der Waals surface area contributed by atoms with Gasteiger partial charge < -0.3 is 29.1 Å². The predicted molar refractivity (Wildman–Crippen MR) is 201 cm³/mol. The zero-order valence-electron chi connectivity index (χ0n) is 30.1. The summed E-state index contributed by atoms with van der Waals surface area (Å²) < 4.78 is 34.5. The molecule has 1 amide bonds. The molecule has 4 unspecified atom stereocenters. The molecular formula is C39H40FN7O5S. The first-order valence-corrected chi connectivity index (χ1v) is 18.8. The van der Waals surface area contributed by atoms with Crippen molar-refractivity contribution in [1.29, 1.82) is 0 Å². The predicted octanol–water partition coefficient (Wildman–Crippen LogP) is 6.96. The largest absolute Gasteiger partial charge is 0.497 e. The van der Waals surface area contributed by atoms with Crippen LogP contribution in [-0.2, 0) is 13.1 Å². The molecule has 0 saturated carbocycles. The first kappa shape index (κ1) is 34.7. The number of hydrogen-bond acceptors (Lipinski definition) is 11. The maximum absolute atomic E-state index is 17.1.